The van der Waals surface area contributed by atoms with E-state index >= 15 is 0 Å². The van der Waals surface area contributed by atoms with Crippen LogP contribution in [0, 0.1) is 0 Å². The quantitative estimate of drug-likeness (QED) is 0.825. The summed E-state index contributed by atoms with van der Waals surface area (Å²) in [7, 11) is 1.73. The molecule has 1 fully saturated rings. The van der Waals surface area contributed by atoms with Crippen LogP contribution in [0.5, 0.6) is 5.88 Å². The Morgan fingerprint density at radius 1 is 1.39 bits per heavy atom. The van der Waals surface area contributed by atoms with Gasteiger partial charge in [-0.25, -0.2) is 4.98 Å². The highest BCUT2D eigenvalue weighted by molar-refractivity contribution is 5.66. The Balaban J connectivity index is 2.00. The summed E-state index contributed by atoms with van der Waals surface area (Å²) in [6.45, 7) is 3.87. The normalized spacial score (nSPS) is 22.7. The van der Waals surface area contributed by atoms with Gasteiger partial charge in [0.1, 0.15) is 12.0 Å². The lowest BCUT2D eigenvalue weighted by molar-refractivity contribution is 0.0328. The van der Waals surface area contributed by atoms with Gasteiger partial charge in [-0.15, -0.1) is 0 Å². The van der Waals surface area contributed by atoms with Crippen molar-refractivity contribution in [3.05, 3.63) is 6.33 Å². The van der Waals surface area contributed by atoms with Crippen LogP contribution in [-0.2, 0) is 4.74 Å². The maximum Gasteiger partial charge on any atom is 0.242 e. The van der Waals surface area contributed by atoms with Crippen molar-refractivity contribution < 1.29 is 9.47 Å². The summed E-state index contributed by atoms with van der Waals surface area (Å²) in [5.41, 5.74) is 6.45. The molecule has 18 heavy (non-hydrogen) atoms. The van der Waals surface area contributed by atoms with Gasteiger partial charge in [-0.1, -0.05) is 0 Å². The first-order chi connectivity index (χ1) is 8.60. The monoisotopic (exact) mass is 252 g/mol. The number of nitrogens with two attached hydrogens (primary N) is 1. The molecule has 1 aliphatic carbocycles. The minimum Gasteiger partial charge on any atom is -0.473 e. The van der Waals surface area contributed by atoms with Crippen molar-refractivity contribution in [1.82, 2.24) is 9.97 Å². The molecule has 0 spiro atoms. The van der Waals surface area contributed by atoms with Gasteiger partial charge < -0.3 is 20.5 Å². The predicted octanol–water partition coefficient (Wildman–Crippen LogP) is 1.44. The lowest BCUT2D eigenvalue weighted by Gasteiger charge is -2.35. The third-order valence-electron chi connectivity index (χ3n) is 2.96. The molecule has 1 aromatic rings. The van der Waals surface area contributed by atoms with Gasteiger partial charge in [0.05, 0.1) is 12.2 Å². The minimum atomic E-state index is 0.0385. The molecular weight excluding hydrogens is 232 g/mol. The Hall–Kier alpha value is -1.56. The van der Waals surface area contributed by atoms with E-state index in [1.54, 1.807) is 7.11 Å². The van der Waals surface area contributed by atoms with Gasteiger partial charge in [0, 0.05) is 13.2 Å². The Morgan fingerprint density at radius 2 is 2.11 bits per heavy atom. The zero-order valence-electron chi connectivity index (χ0n) is 11.0. The van der Waals surface area contributed by atoms with Crippen LogP contribution in [0.25, 0.3) is 0 Å². The number of aromatic nitrogens is 2. The molecule has 0 aliphatic heterocycles. The molecule has 100 valence electrons. The summed E-state index contributed by atoms with van der Waals surface area (Å²) >= 11 is 0. The van der Waals surface area contributed by atoms with Gasteiger partial charge in [-0.2, -0.15) is 4.98 Å². The Bertz CT molecular complexity index is 405. The van der Waals surface area contributed by atoms with Crippen LogP contribution in [-0.4, -0.2) is 35.3 Å². The second-order valence-corrected chi connectivity index (χ2v) is 4.78. The van der Waals surface area contributed by atoms with Crippen molar-refractivity contribution in [2.75, 3.05) is 18.2 Å². The van der Waals surface area contributed by atoms with Gasteiger partial charge in [-0.3, -0.25) is 0 Å². The number of rotatable bonds is 5. The van der Waals surface area contributed by atoms with Crippen LogP contribution in [0.3, 0.4) is 0 Å². The average Bonchev–Trinajstić information content (AvgIpc) is 2.27. The molecular formula is C12H20N4O2. The number of nitrogens with zero attached hydrogens (tertiary/aromatic N) is 2. The second kappa shape index (κ2) is 5.39. The van der Waals surface area contributed by atoms with Crippen LogP contribution < -0.4 is 15.8 Å². The molecule has 6 heteroatoms. The predicted molar refractivity (Wildman–Crippen MR) is 69.7 cm³/mol. The fourth-order valence-electron chi connectivity index (χ4n) is 1.88. The lowest BCUT2D eigenvalue weighted by atomic mass is 9.89. The van der Waals surface area contributed by atoms with Crippen molar-refractivity contribution in [1.29, 1.82) is 0 Å². The molecule has 0 atom stereocenters. The van der Waals surface area contributed by atoms with Crippen LogP contribution in [0.2, 0.25) is 0 Å². The Labute approximate surface area is 107 Å². The summed E-state index contributed by atoms with van der Waals surface area (Å²) in [5, 5.41) is 3.29. The highest BCUT2D eigenvalue weighted by Crippen LogP contribution is 2.30. The molecule has 1 saturated carbocycles. The molecule has 2 rings (SSSR count). The fraction of sp³-hybridized carbons (Fsp3) is 0.667. The molecule has 6 nitrogen and oxygen atoms in total. The summed E-state index contributed by atoms with van der Waals surface area (Å²) in [4.78, 5) is 8.19. The van der Waals surface area contributed by atoms with E-state index in [4.69, 9.17) is 15.2 Å². The molecule has 3 N–H and O–H groups in total. The molecule has 0 amide bonds. The number of hydrogen-bond acceptors (Lipinski definition) is 6. The Kier molecular flexibility index (Phi) is 3.86. The number of hydrogen-bond donors (Lipinski definition) is 2. The maximum absolute atomic E-state index is 5.98. The standard InChI is InChI=1S/C12H20N4O2/c1-7(2)18-12-10(13)11(14-6-15-12)16-8-4-9(5-8)17-3/h6-9H,4-5,13H2,1-3H3,(H,14,15,16). The molecule has 1 heterocycles. The van der Waals surface area contributed by atoms with E-state index in [9.17, 15) is 0 Å². The lowest BCUT2D eigenvalue weighted by Crippen LogP contribution is -2.40. The first-order valence-electron chi connectivity index (χ1n) is 6.16. The molecule has 1 aromatic heterocycles. The molecule has 0 bridgehead atoms. The largest absolute Gasteiger partial charge is 0.473 e. The van der Waals surface area contributed by atoms with E-state index in [0.717, 1.165) is 12.8 Å². The van der Waals surface area contributed by atoms with Gasteiger partial charge in [-0.05, 0) is 26.7 Å². The SMILES string of the molecule is COC1CC(Nc2ncnc(OC(C)C)c2N)C1. The minimum absolute atomic E-state index is 0.0385. The number of nitrogens with one attached hydrogen (secondary N) is 1. The third kappa shape index (κ3) is 2.81. The fourth-order valence-corrected chi connectivity index (χ4v) is 1.88. The number of ether oxygens (including phenoxy) is 2. The number of nitrogen functional groups attached to an aromatic ring is 1. The van der Waals surface area contributed by atoms with E-state index in [0.29, 0.717) is 29.5 Å². The molecule has 0 radical (unpaired) electrons. The summed E-state index contributed by atoms with van der Waals surface area (Å²) in [5.74, 6) is 1.07. The van der Waals surface area contributed by atoms with Crippen LogP contribution in [0.15, 0.2) is 6.33 Å². The van der Waals surface area contributed by atoms with Crippen LogP contribution in [0.1, 0.15) is 26.7 Å². The van der Waals surface area contributed by atoms with Crippen molar-refractivity contribution in [3.63, 3.8) is 0 Å². The van der Waals surface area contributed by atoms with Crippen molar-refractivity contribution >= 4 is 11.5 Å². The van der Waals surface area contributed by atoms with Crippen LogP contribution in [0.4, 0.5) is 11.5 Å². The third-order valence-corrected chi connectivity index (χ3v) is 2.96. The molecule has 1 aliphatic rings. The highest BCUT2D eigenvalue weighted by atomic mass is 16.5. The maximum atomic E-state index is 5.98. The zero-order valence-corrected chi connectivity index (χ0v) is 11.0. The van der Waals surface area contributed by atoms with E-state index < -0.39 is 0 Å². The van der Waals surface area contributed by atoms with Gasteiger partial charge in [0.25, 0.3) is 0 Å². The van der Waals surface area contributed by atoms with Gasteiger partial charge in [0.15, 0.2) is 5.82 Å². The van der Waals surface area contributed by atoms with E-state index in [2.05, 4.69) is 15.3 Å². The second-order valence-electron chi connectivity index (χ2n) is 4.78. The molecule has 0 aromatic carbocycles. The summed E-state index contributed by atoms with van der Waals surface area (Å²) in [6, 6.07) is 0.360. The van der Waals surface area contributed by atoms with Crippen molar-refractivity contribution in [3.8, 4) is 5.88 Å². The molecule has 0 unspecified atom stereocenters. The topological polar surface area (TPSA) is 82.3 Å². The first-order valence-corrected chi connectivity index (χ1v) is 6.16. The highest BCUT2D eigenvalue weighted by Gasteiger charge is 2.29. The smallest absolute Gasteiger partial charge is 0.242 e. The number of methoxy groups -OCH3 is 1. The first kappa shape index (κ1) is 12.9. The zero-order chi connectivity index (χ0) is 13.1. The van der Waals surface area contributed by atoms with E-state index in [1.807, 2.05) is 13.8 Å². The van der Waals surface area contributed by atoms with Gasteiger partial charge in [0.2, 0.25) is 5.88 Å². The molecule has 0 saturated heterocycles. The van der Waals surface area contributed by atoms with Crippen LogP contribution >= 0.6 is 0 Å². The van der Waals surface area contributed by atoms with E-state index in [1.165, 1.54) is 6.33 Å². The summed E-state index contributed by atoms with van der Waals surface area (Å²) in [6.07, 6.45) is 3.79. The summed E-state index contributed by atoms with van der Waals surface area (Å²) < 4.78 is 10.8. The average molecular weight is 252 g/mol. The number of anilines is 2. The van der Waals surface area contributed by atoms with Crippen molar-refractivity contribution in [2.45, 2.75) is 44.9 Å². The Morgan fingerprint density at radius 3 is 2.72 bits per heavy atom. The van der Waals surface area contributed by atoms with Gasteiger partial charge >= 0.3 is 0 Å². The van der Waals surface area contributed by atoms with E-state index in [-0.39, 0.29) is 6.10 Å². The van der Waals surface area contributed by atoms with Crippen molar-refractivity contribution in [2.24, 2.45) is 0 Å².